The van der Waals surface area contributed by atoms with E-state index in [4.69, 9.17) is 26.1 Å². The Balaban J connectivity index is 1.62. The number of morpholine rings is 1. The highest BCUT2D eigenvalue weighted by Gasteiger charge is 2.39. The summed E-state index contributed by atoms with van der Waals surface area (Å²) < 4.78 is 11.7. The predicted molar refractivity (Wildman–Crippen MR) is 117 cm³/mol. The molecule has 0 N–H and O–H groups in total. The van der Waals surface area contributed by atoms with E-state index in [2.05, 4.69) is 4.90 Å². The maximum absolute atomic E-state index is 13.6. The van der Waals surface area contributed by atoms with Gasteiger partial charge in [0.1, 0.15) is 11.4 Å². The smallest absolute Gasteiger partial charge is 0.196 e. The minimum atomic E-state index is -0.428. The van der Waals surface area contributed by atoms with E-state index in [0.717, 1.165) is 0 Å². The van der Waals surface area contributed by atoms with Gasteiger partial charge in [0.2, 0.25) is 0 Å². The molecule has 1 unspecified atom stereocenters. The van der Waals surface area contributed by atoms with Crippen LogP contribution in [0, 0.1) is 0 Å². The second kappa shape index (κ2) is 6.90. The number of nitrogens with zero attached hydrogens (tertiary/aromatic N) is 2. The topological polar surface area (TPSA) is 68.2 Å². The second-order valence-corrected chi connectivity index (χ2v) is 8.19. The van der Waals surface area contributed by atoms with Crippen molar-refractivity contribution in [2.45, 2.75) is 6.10 Å². The molecular weight excluding hydrogens is 416 g/mol. The monoisotopic (exact) mass is 432 g/mol. The van der Waals surface area contributed by atoms with E-state index in [1.165, 1.54) is 0 Å². The van der Waals surface area contributed by atoms with Crippen molar-refractivity contribution in [2.24, 2.45) is 4.99 Å². The van der Waals surface area contributed by atoms with E-state index in [1.807, 2.05) is 6.07 Å². The summed E-state index contributed by atoms with van der Waals surface area (Å²) in [5, 5.41) is 0.568. The standard InChI is InChI=1S/C24H17ClN2O4/c25-13-5-6-16-18(11-13)31-19-12-17(27-7-9-30-10-8-27)20-21(22(19)26-16)24(29)15-4-2-1-3-14(15)23(20)28/h1-6,11-12,18H,7-10H2. The van der Waals surface area contributed by atoms with Crippen LogP contribution < -0.4 is 9.64 Å². The molecule has 6 nitrogen and oxygen atoms in total. The van der Waals surface area contributed by atoms with Crippen molar-refractivity contribution in [3.05, 3.63) is 75.8 Å². The van der Waals surface area contributed by atoms with E-state index in [0.29, 0.717) is 76.4 Å². The van der Waals surface area contributed by atoms with Crippen LogP contribution >= 0.6 is 11.6 Å². The molecule has 1 saturated heterocycles. The SMILES string of the molecule is O=C1c2ccccc2C(=O)c2c3c(cc(N4CCOCC4)c21)OC1C=C(Cl)C=CC1=N3. The van der Waals surface area contributed by atoms with Gasteiger partial charge in [-0.1, -0.05) is 35.9 Å². The van der Waals surface area contributed by atoms with Gasteiger partial charge in [-0.2, -0.15) is 0 Å². The summed E-state index contributed by atoms with van der Waals surface area (Å²) in [6, 6.07) is 8.77. The fourth-order valence-corrected chi connectivity index (χ4v) is 4.67. The first-order valence-corrected chi connectivity index (χ1v) is 10.5. The number of hydrogen-bond donors (Lipinski definition) is 0. The van der Waals surface area contributed by atoms with Crippen LogP contribution in [0.3, 0.4) is 0 Å². The molecule has 2 aromatic carbocycles. The van der Waals surface area contributed by atoms with Gasteiger partial charge in [-0.05, 0) is 18.2 Å². The minimum Gasteiger partial charge on any atom is -0.478 e. The van der Waals surface area contributed by atoms with Crippen molar-refractivity contribution in [1.29, 1.82) is 0 Å². The molecule has 6 rings (SSSR count). The lowest BCUT2D eigenvalue weighted by atomic mass is 9.81. The van der Waals surface area contributed by atoms with Crippen LogP contribution in [0.4, 0.5) is 11.4 Å². The van der Waals surface area contributed by atoms with E-state index in [-0.39, 0.29) is 11.6 Å². The zero-order valence-electron chi connectivity index (χ0n) is 16.4. The summed E-state index contributed by atoms with van der Waals surface area (Å²) in [4.78, 5) is 34.0. The third kappa shape index (κ3) is 2.79. The minimum absolute atomic E-state index is 0.168. The second-order valence-electron chi connectivity index (χ2n) is 7.76. The van der Waals surface area contributed by atoms with Crippen LogP contribution in [0.1, 0.15) is 31.8 Å². The van der Waals surface area contributed by atoms with Crippen molar-refractivity contribution in [3.63, 3.8) is 0 Å². The first kappa shape index (κ1) is 18.5. The summed E-state index contributed by atoms with van der Waals surface area (Å²) in [5.41, 5.74) is 3.26. The molecule has 0 amide bonds. The fourth-order valence-electron chi connectivity index (χ4n) is 4.49. The normalized spacial score (nSPS) is 21.3. The molecule has 1 fully saturated rings. The van der Waals surface area contributed by atoms with Crippen molar-refractivity contribution in [1.82, 2.24) is 0 Å². The first-order valence-electron chi connectivity index (χ1n) is 10.1. The summed E-state index contributed by atoms with van der Waals surface area (Å²) in [7, 11) is 0. The van der Waals surface area contributed by atoms with E-state index in [1.54, 1.807) is 42.5 Å². The van der Waals surface area contributed by atoms with Crippen molar-refractivity contribution in [3.8, 4) is 5.75 Å². The van der Waals surface area contributed by atoms with E-state index >= 15 is 0 Å². The highest BCUT2D eigenvalue weighted by molar-refractivity contribution is 6.33. The number of fused-ring (bicyclic) bond motifs is 5. The van der Waals surface area contributed by atoms with Crippen molar-refractivity contribution >= 4 is 40.3 Å². The number of carbonyl (C=O) groups is 2. The van der Waals surface area contributed by atoms with Gasteiger partial charge in [0.05, 0.1) is 35.7 Å². The lowest BCUT2D eigenvalue weighted by molar-refractivity contribution is 0.0978. The highest BCUT2D eigenvalue weighted by atomic mass is 35.5. The number of allylic oxidation sites excluding steroid dienone is 2. The number of ether oxygens (including phenoxy) is 2. The van der Waals surface area contributed by atoms with Gasteiger partial charge in [-0.3, -0.25) is 9.59 Å². The molecule has 2 aromatic rings. The number of benzene rings is 2. The number of hydrogen-bond acceptors (Lipinski definition) is 6. The summed E-state index contributed by atoms with van der Waals surface area (Å²) >= 11 is 6.15. The van der Waals surface area contributed by atoms with Gasteiger partial charge < -0.3 is 14.4 Å². The molecule has 7 heteroatoms. The molecular formula is C24H17ClN2O4. The maximum atomic E-state index is 13.6. The first-order chi connectivity index (χ1) is 15.1. The Morgan fingerprint density at radius 2 is 1.71 bits per heavy atom. The Labute approximate surface area is 183 Å². The fraction of sp³-hybridized carbons (Fsp3) is 0.208. The number of rotatable bonds is 1. The molecule has 0 radical (unpaired) electrons. The number of carbonyl (C=O) groups excluding carboxylic acids is 2. The summed E-state index contributed by atoms with van der Waals surface area (Å²) in [5.74, 6) is 0.0980. The molecule has 0 spiro atoms. The van der Waals surface area contributed by atoms with Crippen LogP contribution in [-0.4, -0.2) is 49.7 Å². The van der Waals surface area contributed by atoms with E-state index < -0.39 is 6.10 Å². The molecule has 0 aromatic heterocycles. The largest absolute Gasteiger partial charge is 0.478 e. The summed E-state index contributed by atoms with van der Waals surface area (Å²) in [6.07, 6.45) is 4.87. The van der Waals surface area contributed by atoms with Gasteiger partial charge >= 0.3 is 0 Å². The van der Waals surface area contributed by atoms with Crippen LogP contribution in [0.2, 0.25) is 0 Å². The molecule has 4 aliphatic rings. The number of halogens is 1. The molecule has 31 heavy (non-hydrogen) atoms. The molecule has 2 heterocycles. The maximum Gasteiger partial charge on any atom is 0.196 e. The third-order valence-electron chi connectivity index (χ3n) is 5.98. The molecule has 0 saturated carbocycles. The van der Waals surface area contributed by atoms with Gasteiger partial charge in [0.15, 0.2) is 17.7 Å². The molecule has 1 atom stereocenters. The molecule has 154 valence electrons. The Morgan fingerprint density at radius 3 is 2.45 bits per heavy atom. The zero-order valence-corrected chi connectivity index (χ0v) is 17.2. The van der Waals surface area contributed by atoms with Gasteiger partial charge in [-0.15, -0.1) is 0 Å². The Bertz CT molecular complexity index is 1250. The average Bonchev–Trinajstić information content (AvgIpc) is 2.80. The van der Waals surface area contributed by atoms with Crippen LogP contribution in [0.5, 0.6) is 5.75 Å². The Kier molecular flexibility index (Phi) is 4.13. The van der Waals surface area contributed by atoms with Gasteiger partial charge in [-0.25, -0.2) is 4.99 Å². The quantitative estimate of drug-likeness (QED) is 0.584. The highest BCUT2D eigenvalue weighted by Crippen LogP contribution is 2.47. The van der Waals surface area contributed by atoms with Crippen LogP contribution in [-0.2, 0) is 4.74 Å². The predicted octanol–water partition coefficient (Wildman–Crippen LogP) is 3.82. The zero-order chi connectivity index (χ0) is 21.1. The van der Waals surface area contributed by atoms with Crippen LogP contribution in [0.15, 0.2) is 58.6 Å². The number of aliphatic imine (C=N–C) groups is 1. The average molecular weight is 433 g/mol. The lowest BCUT2D eigenvalue weighted by Gasteiger charge is -2.34. The lowest BCUT2D eigenvalue weighted by Crippen LogP contribution is -2.38. The van der Waals surface area contributed by atoms with Gasteiger partial charge in [0.25, 0.3) is 0 Å². The third-order valence-corrected chi connectivity index (χ3v) is 6.23. The number of ketones is 2. The Morgan fingerprint density at radius 1 is 1.00 bits per heavy atom. The molecule has 2 aliphatic carbocycles. The summed E-state index contributed by atoms with van der Waals surface area (Å²) in [6.45, 7) is 2.36. The van der Waals surface area contributed by atoms with Gasteiger partial charge in [0, 0.05) is 35.3 Å². The Hall–Kier alpha value is -3.22. The number of anilines is 1. The van der Waals surface area contributed by atoms with E-state index in [9.17, 15) is 9.59 Å². The van der Waals surface area contributed by atoms with Crippen molar-refractivity contribution < 1.29 is 19.1 Å². The van der Waals surface area contributed by atoms with Crippen molar-refractivity contribution in [2.75, 3.05) is 31.2 Å². The van der Waals surface area contributed by atoms with Crippen LogP contribution in [0.25, 0.3) is 0 Å². The molecule has 0 bridgehead atoms. The molecule has 2 aliphatic heterocycles.